The van der Waals surface area contributed by atoms with Crippen molar-refractivity contribution < 1.29 is 9.47 Å². The standard InChI is InChI=1S/C9H11N3O4/c1-15-5-11-4-7(3-10)8(13)12(6-16-2)9(11)14/h4H,5-6H2,1-2H3. The lowest BCUT2D eigenvalue weighted by atomic mass is 10.4. The monoisotopic (exact) mass is 225 g/mol. The molecule has 0 aromatic carbocycles. The Morgan fingerprint density at radius 3 is 2.44 bits per heavy atom. The highest BCUT2D eigenvalue weighted by molar-refractivity contribution is 5.22. The van der Waals surface area contributed by atoms with E-state index in [1.54, 1.807) is 6.07 Å². The third kappa shape index (κ3) is 2.18. The van der Waals surface area contributed by atoms with Gasteiger partial charge in [-0.2, -0.15) is 5.26 Å². The highest BCUT2D eigenvalue weighted by Gasteiger charge is 2.10. The third-order valence-corrected chi connectivity index (χ3v) is 1.88. The minimum atomic E-state index is -0.665. The van der Waals surface area contributed by atoms with Crippen LogP contribution >= 0.6 is 0 Å². The molecule has 0 saturated heterocycles. The Hall–Kier alpha value is -1.91. The lowest BCUT2D eigenvalue weighted by molar-refractivity contribution is 0.105. The Labute approximate surface area is 91.1 Å². The molecular formula is C9H11N3O4. The Morgan fingerprint density at radius 1 is 1.31 bits per heavy atom. The first kappa shape index (κ1) is 12.2. The van der Waals surface area contributed by atoms with E-state index < -0.39 is 11.2 Å². The van der Waals surface area contributed by atoms with E-state index >= 15 is 0 Å². The van der Waals surface area contributed by atoms with Crippen LogP contribution in [-0.2, 0) is 22.9 Å². The first-order valence-electron chi connectivity index (χ1n) is 4.38. The molecule has 16 heavy (non-hydrogen) atoms. The van der Waals surface area contributed by atoms with Crippen LogP contribution in [0, 0.1) is 11.3 Å². The molecule has 0 radical (unpaired) electrons. The Kier molecular flexibility index (Phi) is 3.99. The second kappa shape index (κ2) is 5.25. The topological polar surface area (TPSA) is 86.2 Å². The van der Waals surface area contributed by atoms with Crippen molar-refractivity contribution in [1.29, 1.82) is 5.26 Å². The molecule has 86 valence electrons. The maximum atomic E-state index is 11.7. The zero-order valence-electron chi connectivity index (χ0n) is 8.97. The molecule has 0 N–H and O–H groups in total. The number of hydrogen-bond acceptors (Lipinski definition) is 5. The van der Waals surface area contributed by atoms with E-state index in [4.69, 9.17) is 14.7 Å². The van der Waals surface area contributed by atoms with Gasteiger partial charge in [-0.1, -0.05) is 0 Å². The van der Waals surface area contributed by atoms with Crippen LogP contribution in [0.4, 0.5) is 0 Å². The van der Waals surface area contributed by atoms with Gasteiger partial charge in [-0.3, -0.25) is 9.36 Å². The van der Waals surface area contributed by atoms with Gasteiger partial charge in [0.1, 0.15) is 25.1 Å². The summed E-state index contributed by atoms with van der Waals surface area (Å²) in [7, 11) is 2.76. The molecule has 0 fully saturated rings. The van der Waals surface area contributed by atoms with Crippen molar-refractivity contribution in [2.24, 2.45) is 0 Å². The predicted octanol–water partition coefficient (Wildman–Crippen LogP) is -0.911. The zero-order valence-corrected chi connectivity index (χ0v) is 8.97. The van der Waals surface area contributed by atoms with Crippen LogP contribution in [0.3, 0.4) is 0 Å². The molecular weight excluding hydrogens is 214 g/mol. The summed E-state index contributed by atoms with van der Waals surface area (Å²) in [6.07, 6.45) is 1.17. The van der Waals surface area contributed by atoms with Gasteiger partial charge in [-0.05, 0) is 0 Å². The maximum absolute atomic E-state index is 11.7. The van der Waals surface area contributed by atoms with Crippen molar-refractivity contribution >= 4 is 0 Å². The summed E-state index contributed by atoms with van der Waals surface area (Å²) in [5, 5.41) is 8.73. The number of nitrogens with zero attached hydrogens (tertiary/aromatic N) is 3. The van der Waals surface area contributed by atoms with Gasteiger partial charge < -0.3 is 9.47 Å². The van der Waals surface area contributed by atoms with Gasteiger partial charge in [0.05, 0.1) is 0 Å². The van der Waals surface area contributed by atoms with Crippen LogP contribution in [0.2, 0.25) is 0 Å². The van der Waals surface area contributed by atoms with Crippen LogP contribution in [-0.4, -0.2) is 23.4 Å². The van der Waals surface area contributed by atoms with Gasteiger partial charge in [0, 0.05) is 20.4 Å². The van der Waals surface area contributed by atoms with Crippen molar-refractivity contribution in [2.75, 3.05) is 14.2 Å². The van der Waals surface area contributed by atoms with Crippen molar-refractivity contribution in [3.63, 3.8) is 0 Å². The van der Waals surface area contributed by atoms with E-state index in [0.717, 1.165) is 9.13 Å². The van der Waals surface area contributed by atoms with Gasteiger partial charge in [0.2, 0.25) is 0 Å². The molecule has 0 amide bonds. The number of nitriles is 1. The molecule has 0 atom stereocenters. The number of hydrogen-bond donors (Lipinski definition) is 0. The fourth-order valence-electron chi connectivity index (χ4n) is 1.20. The van der Waals surface area contributed by atoms with E-state index in [9.17, 15) is 9.59 Å². The van der Waals surface area contributed by atoms with E-state index in [0.29, 0.717) is 0 Å². The summed E-state index contributed by atoms with van der Waals surface area (Å²) < 4.78 is 11.5. The summed E-state index contributed by atoms with van der Waals surface area (Å²) in [5.74, 6) is 0. The number of aromatic nitrogens is 2. The van der Waals surface area contributed by atoms with Gasteiger partial charge >= 0.3 is 5.69 Å². The quantitative estimate of drug-likeness (QED) is 0.662. The van der Waals surface area contributed by atoms with Crippen LogP contribution in [0.15, 0.2) is 15.8 Å². The smallest absolute Gasteiger partial charge is 0.334 e. The summed E-state index contributed by atoms with van der Waals surface area (Å²) in [6, 6.07) is 1.72. The zero-order chi connectivity index (χ0) is 12.1. The first-order valence-corrected chi connectivity index (χ1v) is 4.38. The van der Waals surface area contributed by atoms with Crippen LogP contribution < -0.4 is 11.2 Å². The van der Waals surface area contributed by atoms with Crippen molar-refractivity contribution in [3.8, 4) is 6.07 Å². The SMILES string of the molecule is COCn1cc(C#N)c(=O)n(COC)c1=O. The molecule has 0 aliphatic carbocycles. The molecule has 1 aromatic rings. The van der Waals surface area contributed by atoms with Crippen LogP contribution in [0.5, 0.6) is 0 Å². The molecule has 0 bridgehead atoms. The summed E-state index contributed by atoms with van der Waals surface area (Å²) in [6.45, 7) is -0.228. The average Bonchev–Trinajstić information content (AvgIpc) is 2.28. The average molecular weight is 225 g/mol. The van der Waals surface area contributed by atoms with E-state index in [1.807, 2.05) is 0 Å². The molecule has 0 saturated carbocycles. The Bertz CT molecular complexity index is 523. The fourth-order valence-corrected chi connectivity index (χ4v) is 1.20. The summed E-state index contributed by atoms with van der Waals surface area (Å²) in [4.78, 5) is 23.3. The highest BCUT2D eigenvalue weighted by Crippen LogP contribution is 1.88. The van der Waals surface area contributed by atoms with Crippen molar-refractivity contribution in [3.05, 3.63) is 32.6 Å². The number of rotatable bonds is 4. The third-order valence-electron chi connectivity index (χ3n) is 1.88. The molecule has 0 aliphatic heterocycles. The minimum Gasteiger partial charge on any atom is -0.364 e. The fraction of sp³-hybridized carbons (Fsp3) is 0.444. The van der Waals surface area contributed by atoms with E-state index in [1.165, 1.54) is 20.4 Å². The van der Waals surface area contributed by atoms with Gasteiger partial charge in [0.15, 0.2) is 0 Å². The Balaban J connectivity index is 3.47. The van der Waals surface area contributed by atoms with Gasteiger partial charge in [-0.25, -0.2) is 9.36 Å². The summed E-state index contributed by atoms with van der Waals surface area (Å²) in [5.41, 5.74) is -1.37. The molecule has 7 heteroatoms. The lowest BCUT2D eigenvalue weighted by Crippen LogP contribution is -2.41. The van der Waals surface area contributed by atoms with Crippen LogP contribution in [0.25, 0.3) is 0 Å². The number of ether oxygens (including phenoxy) is 2. The van der Waals surface area contributed by atoms with Gasteiger partial charge in [-0.15, -0.1) is 0 Å². The van der Waals surface area contributed by atoms with E-state index in [2.05, 4.69) is 0 Å². The molecule has 0 unspecified atom stereocenters. The molecule has 1 aromatic heterocycles. The predicted molar refractivity (Wildman–Crippen MR) is 53.7 cm³/mol. The minimum absolute atomic E-state index is 0.0303. The molecule has 0 spiro atoms. The van der Waals surface area contributed by atoms with Gasteiger partial charge in [0.25, 0.3) is 5.56 Å². The maximum Gasteiger partial charge on any atom is 0.334 e. The normalized spacial score (nSPS) is 10.1. The molecule has 7 nitrogen and oxygen atoms in total. The van der Waals surface area contributed by atoms with Crippen LogP contribution in [0.1, 0.15) is 5.56 Å². The number of methoxy groups -OCH3 is 2. The Morgan fingerprint density at radius 2 is 1.94 bits per heavy atom. The second-order valence-electron chi connectivity index (χ2n) is 2.98. The molecule has 1 heterocycles. The second-order valence-corrected chi connectivity index (χ2v) is 2.98. The van der Waals surface area contributed by atoms with Crippen molar-refractivity contribution in [1.82, 2.24) is 9.13 Å². The molecule has 0 aliphatic rings. The van der Waals surface area contributed by atoms with Crippen molar-refractivity contribution in [2.45, 2.75) is 13.5 Å². The largest absolute Gasteiger partial charge is 0.364 e. The molecule has 1 rings (SSSR count). The highest BCUT2D eigenvalue weighted by atomic mass is 16.5. The van der Waals surface area contributed by atoms with E-state index in [-0.39, 0.29) is 19.0 Å². The lowest BCUT2D eigenvalue weighted by Gasteiger charge is -2.08. The first-order chi connectivity index (χ1) is 7.65. The summed E-state index contributed by atoms with van der Waals surface area (Å²) >= 11 is 0.